The van der Waals surface area contributed by atoms with Crippen molar-refractivity contribution in [2.75, 3.05) is 19.4 Å². The molecule has 2 unspecified atom stereocenters. The molecule has 1 N–H and O–H groups in total. The SMILES string of the molecule is CC1CCC(Nc2cc(Cl)ccc2C(=O)N(C)C)C1. The van der Waals surface area contributed by atoms with Gasteiger partial charge in [-0.25, -0.2) is 0 Å². The highest BCUT2D eigenvalue weighted by atomic mass is 35.5. The second-order valence-electron chi connectivity index (χ2n) is 5.65. The van der Waals surface area contributed by atoms with Crippen molar-refractivity contribution >= 4 is 23.2 Å². The summed E-state index contributed by atoms with van der Waals surface area (Å²) < 4.78 is 0. The molecule has 0 aliphatic heterocycles. The summed E-state index contributed by atoms with van der Waals surface area (Å²) in [6.45, 7) is 2.27. The van der Waals surface area contributed by atoms with Gasteiger partial charge in [-0.1, -0.05) is 18.5 Å². The van der Waals surface area contributed by atoms with E-state index in [4.69, 9.17) is 11.6 Å². The van der Waals surface area contributed by atoms with Gasteiger partial charge in [0.1, 0.15) is 0 Å². The number of anilines is 1. The Hall–Kier alpha value is -1.22. The average molecular weight is 281 g/mol. The Morgan fingerprint density at radius 3 is 2.68 bits per heavy atom. The fourth-order valence-corrected chi connectivity index (χ4v) is 2.79. The number of amides is 1. The van der Waals surface area contributed by atoms with Crippen molar-refractivity contribution in [3.05, 3.63) is 28.8 Å². The molecule has 1 aromatic rings. The first-order valence-electron chi connectivity index (χ1n) is 6.75. The average Bonchev–Trinajstić information content (AvgIpc) is 2.74. The molecule has 1 fully saturated rings. The van der Waals surface area contributed by atoms with Crippen molar-refractivity contribution in [1.29, 1.82) is 0 Å². The number of hydrogen-bond acceptors (Lipinski definition) is 2. The van der Waals surface area contributed by atoms with E-state index in [-0.39, 0.29) is 5.91 Å². The van der Waals surface area contributed by atoms with Gasteiger partial charge in [0.25, 0.3) is 5.91 Å². The van der Waals surface area contributed by atoms with Crippen molar-refractivity contribution in [3.63, 3.8) is 0 Å². The number of benzene rings is 1. The van der Waals surface area contributed by atoms with E-state index in [0.717, 1.165) is 24.4 Å². The van der Waals surface area contributed by atoms with Crippen molar-refractivity contribution in [2.45, 2.75) is 32.2 Å². The summed E-state index contributed by atoms with van der Waals surface area (Å²) in [6.07, 6.45) is 3.56. The third-order valence-electron chi connectivity index (χ3n) is 3.67. The van der Waals surface area contributed by atoms with E-state index in [9.17, 15) is 4.79 Å². The first-order chi connectivity index (χ1) is 8.97. The lowest BCUT2D eigenvalue weighted by atomic mass is 10.1. The Bertz CT molecular complexity index is 473. The molecule has 0 spiro atoms. The Kier molecular flexibility index (Phi) is 4.35. The van der Waals surface area contributed by atoms with Crippen molar-refractivity contribution in [2.24, 2.45) is 5.92 Å². The summed E-state index contributed by atoms with van der Waals surface area (Å²) in [6, 6.07) is 5.86. The van der Waals surface area contributed by atoms with Crippen LogP contribution >= 0.6 is 11.6 Å². The maximum Gasteiger partial charge on any atom is 0.255 e. The van der Waals surface area contributed by atoms with Gasteiger partial charge in [0.2, 0.25) is 0 Å². The fraction of sp³-hybridized carbons (Fsp3) is 0.533. The highest BCUT2D eigenvalue weighted by molar-refractivity contribution is 6.31. The van der Waals surface area contributed by atoms with Crippen LogP contribution in [0.2, 0.25) is 5.02 Å². The van der Waals surface area contributed by atoms with Gasteiger partial charge in [-0.15, -0.1) is 0 Å². The maximum absolute atomic E-state index is 12.2. The summed E-state index contributed by atoms with van der Waals surface area (Å²) >= 11 is 6.05. The van der Waals surface area contributed by atoms with Crippen LogP contribution in [-0.4, -0.2) is 30.9 Å². The molecule has 1 aliphatic carbocycles. The molecular formula is C15H21ClN2O. The van der Waals surface area contributed by atoms with Crippen LogP contribution in [0.3, 0.4) is 0 Å². The minimum atomic E-state index is 0.00483. The van der Waals surface area contributed by atoms with Crippen molar-refractivity contribution < 1.29 is 4.79 Å². The van der Waals surface area contributed by atoms with E-state index in [1.54, 1.807) is 31.1 Å². The maximum atomic E-state index is 12.2. The first kappa shape index (κ1) is 14.2. The zero-order chi connectivity index (χ0) is 14.0. The van der Waals surface area contributed by atoms with Gasteiger partial charge in [0, 0.05) is 30.8 Å². The van der Waals surface area contributed by atoms with E-state index in [1.165, 1.54) is 6.42 Å². The highest BCUT2D eigenvalue weighted by Crippen LogP contribution is 2.30. The Balaban J connectivity index is 2.22. The number of rotatable bonds is 3. The molecule has 1 aromatic carbocycles. The monoisotopic (exact) mass is 280 g/mol. The van der Waals surface area contributed by atoms with E-state index in [0.29, 0.717) is 16.6 Å². The van der Waals surface area contributed by atoms with Crippen LogP contribution in [0.5, 0.6) is 0 Å². The van der Waals surface area contributed by atoms with Gasteiger partial charge in [-0.2, -0.15) is 0 Å². The van der Waals surface area contributed by atoms with E-state index >= 15 is 0 Å². The van der Waals surface area contributed by atoms with Gasteiger partial charge in [0.15, 0.2) is 0 Å². The number of carbonyl (C=O) groups excluding carboxylic acids is 1. The van der Waals surface area contributed by atoms with Crippen LogP contribution in [-0.2, 0) is 0 Å². The molecule has 0 aromatic heterocycles. The largest absolute Gasteiger partial charge is 0.382 e. The number of nitrogens with one attached hydrogen (secondary N) is 1. The molecule has 2 rings (SSSR count). The Morgan fingerprint density at radius 1 is 1.37 bits per heavy atom. The molecule has 0 bridgehead atoms. The lowest BCUT2D eigenvalue weighted by molar-refractivity contribution is 0.0828. The molecule has 1 aliphatic rings. The van der Waals surface area contributed by atoms with Gasteiger partial charge < -0.3 is 10.2 Å². The molecular weight excluding hydrogens is 260 g/mol. The van der Waals surface area contributed by atoms with Crippen LogP contribution in [0, 0.1) is 5.92 Å². The van der Waals surface area contributed by atoms with Gasteiger partial charge >= 0.3 is 0 Å². The van der Waals surface area contributed by atoms with E-state index < -0.39 is 0 Å². The quantitative estimate of drug-likeness (QED) is 0.917. The minimum Gasteiger partial charge on any atom is -0.382 e. The lowest BCUT2D eigenvalue weighted by Gasteiger charge is -2.19. The summed E-state index contributed by atoms with van der Waals surface area (Å²) in [4.78, 5) is 13.7. The smallest absolute Gasteiger partial charge is 0.255 e. The second kappa shape index (κ2) is 5.83. The molecule has 0 saturated heterocycles. The molecule has 104 valence electrons. The molecule has 0 heterocycles. The molecule has 1 saturated carbocycles. The zero-order valence-electron chi connectivity index (χ0n) is 11.7. The number of carbonyl (C=O) groups is 1. The molecule has 1 amide bonds. The second-order valence-corrected chi connectivity index (χ2v) is 6.09. The Labute approximate surface area is 119 Å². The predicted molar refractivity (Wildman–Crippen MR) is 79.9 cm³/mol. The number of halogens is 1. The van der Waals surface area contributed by atoms with Crippen LogP contribution < -0.4 is 5.32 Å². The van der Waals surface area contributed by atoms with Crippen LogP contribution in [0.15, 0.2) is 18.2 Å². The molecule has 19 heavy (non-hydrogen) atoms. The minimum absolute atomic E-state index is 0.00483. The summed E-state index contributed by atoms with van der Waals surface area (Å²) in [7, 11) is 3.52. The van der Waals surface area contributed by atoms with Crippen LogP contribution in [0.1, 0.15) is 36.5 Å². The molecule has 2 atom stereocenters. The highest BCUT2D eigenvalue weighted by Gasteiger charge is 2.23. The molecule has 4 heteroatoms. The van der Waals surface area contributed by atoms with E-state index in [2.05, 4.69) is 12.2 Å². The summed E-state index contributed by atoms with van der Waals surface area (Å²) in [5, 5.41) is 4.14. The van der Waals surface area contributed by atoms with Gasteiger partial charge in [-0.3, -0.25) is 4.79 Å². The van der Waals surface area contributed by atoms with Gasteiger partial charge in [-0.05, 0) is 43.4 Å². The zero-order valence-corrected chi connectivity index (χ0v) is 12.5. The predicted octanol–water partition coefficient (Wildman–Crippen LogP) is 3.64. The van der Waals surface area contributed by atoms with Gasteiger partial charge in [0.05, 0.1) is 5.56 Å². The fourth-order valence-electron chi connectivity index (χ4n) is 2.62. The topological polar surface area (TPSA) is 32.3 Å². The summed E-state index contributed by atoms with van der Waals surface area (Å²) in [5.74, 6) is 0.759. The molecule has 3 nitrogen and oxygen atoms in total. The van der Waals surface area contributed by atoms with Crippen LogP contribution in [0.25, 0.3) is 0 Å². The standard InChI is InChI=1S/C15H21ClN2O/c1-10-4-6-12(8-10)17-14-9-11(16)5-7-13(14)15(19)18(2)3/h5,7,9-10,12,17H,4,6,8H2,1-3H3. The molecule has 0 radical (unpaired) electrons. The first-order valence-corrected chi connectivity index (χ1v) is 7.13. The third kappa shape index (κ3) is 3.41. The van der Waals surface area contributed by atoms with Crippen molar-refractivity contribution in [3.8, 4) is 0 Å². The normalized spacial score (nSPS) is 22.3. The lowest BCUT2D eigenvalue weighted by Crippen LogP contribution is -2.24. The van der Waals surface area contributed by atoms with Crippen molar-refractivity contribution in [1.82, 2.24) is 4.90 Å². The number of hydrogen-bond donors (Lipinski definition) is 1. The third-order valence-corrected chi connectivity index (χ3v) is 3.91. The summed E-state index contributed by atoms with van der Waals surface area (Å²) in [5.41, 5.74) is 1.54. The van der Waals surface area contributed by atoms with Crippen LogP contribution in [0.4, 0.5) is 5.69 Å². The van der Waals surface area contributed by atoms with E-state index in [1.807, 2.05) is 6.07 Å². The number of nitrogens with zero attached hydrogens (tertiary/aromatic N) is 1. The Morgan fingerprint density at radius 2 is 2.11 bits per heavy atom.